The second kappa shape index (κ2) is 6.24. The zero-order valence-electron chi connectivity index (χ0n) is 11.1. The summed E-state index contributed by atoms with van der Waals surface area (Å²) in [6.07, 6.45) is 1.51. The van der Waals surface area contributed by atoms with Gasteiger partial charge in [-0.3, -0.25) is 0 Å². The molecule has 0 N–H and O–H groups in total. The van der Waals surface area contributed by atoms with Crippen LogP contribution < -0.4 is 0 Å². The first-order valence-electron chi connectivity index (χ1n) is 6.32. The zero-order valence-corrected chi connectivity index (χ0v) is 13.4. The lowest BCUT2D eigenvalue weighted by molar-refractivity contribution is 0.600. The molecule has 0 fully saturated rings. The van der Waals surface area contributed by atoms with Gasteiger partial charge >= 0.3 is 0 Å². The maximum atomic E-state index is 13.9. The van der Waals surface area contributed by atoms with Crippen molar-refractivity contribution in [2.45, 2.75) is 6.54 Å². The Bertz CT molecular complexity index is 833. The summed E-state index contributed by atoms with van der Waals surface area (Å²) in [5.74, 6) is 0.160. The molecule has 0 bridgehead atoms. The molecular formula is C15H9Cl3FN3. The normalized spacial score (nSPS) is 10.9. The number of benzene rings is 2. The summed E-state index contributed by atoms with van der Waals surface area (Å²) in [6, 6.07) is 9.63. The molecular weight excluding hydrogens is 348 g/mol. The molecule has 0 atom stereocenters. The number of hydrogen-bond donors (Lipinski definition) is 0. The highest BCUT2D eigenvalue weighted by Crippen LogP contribution is 2.32. The topological polar surface area (TPSA) is 30.7 Å². The first-order chi connectivity index (χ1) is 10.6. The minimum Gasteiger partial charge on any atom is -0.309 e. The second-order valence-corrected chi connectivity index (χ2v) is 5.84. The Hall–Kier alpha value is -1.62. The van der Waals surface area contributed by atoms with Gasteiger partial charge in [0.2, 0.25) is 0 Å². The van der Waals surface area contributed by atoms with E-state index in [1.807, 2.05) is 0 Å². The molecule has 0 unspecified atom stereocenters. The van der Waals surface area contributed by atoms with E-state index in [0.717, 1.165) is 0 Å². The summed E-state index contributed by atoms with van der Waals surface area (Å²) in [4.78, 5) is 0. The Morgan fingerprint density at radius 2 is 1.91 bits per heavy atom. The van der Waals surface area contributed by atoms with Gasteiger partial charge in [0, 0.05) is 16.1 Å². The van der Waals surface area contributed by atoms with E-state index in [2.05, 4.69) is 10.2 Å². The van der Waals surface area contributed by atoms with Crippen LogP contribution in [0.2, 0.25) is 15.1 Å². The Morgan fingerprint density at radius 3 is 2.73 bits per heavy atom. The van der Waals surface area contributed by atoms with Crippen LogP contribution in [-0.2, 0) is 6.54 Å². The maximum absolute atomic E-state index is 13.9. The second-order valence-electron chi connectivity index (χ2n) is 4.62. The summed E-state index contributed by atoms with van der Waals surface area (Å²) in [6.45, 7) is 0.234. The van der Waals surface area contributed by atoms with Gasteiger partial charge in [0.1, 0.15) is 12.1 Å². The molecule has 3 aromatic rings. The molecule has 0 saturated carbocycles. The Labute approximate surface area is 141 Å². The van der Waals surface area contributed by atoms with Crippen molar-refractivity contribution in [3.05, 3.63) is 69.2 Å². The molecule has 1 heterocycles. The third kappa shape index (κ3) is 2.95. The van der Waals surface area contributed by atoms with Crippen LogP contribution >= 0.6 is 34.8 Å². The lowest BCUT2D eigenvalue weighted by atomic mass is 10.2. The van der Waals surface area contributed by atoms with E-state index in [-0.39, 0.29) is 12.4 Å². The summed E-state index contributed by atoms with van der Waals surface area (Å²) >= 11 is 18.1. The van der Waals surface area contributed by atoms with Gasteiger partial charge in [-0.2, -0.15) is 0 Å². The van der Waals surface area contributed by atoms with Gasteiger partial charge in [-0.15, -0.1) is 10.2 Å². The molecule has 22 heavy (non-hydrogen) atoms. The third-order valence-electron chi connectivity index (χ3n) is 3.16. The van der Waals surface area contributed by atoms with E-state index in [9.17, 15) is 4.39 Å². The summed E-state index contributed by atoms with van der Waals surface area (Å²) < 4.78 is 15.6. The van der Waals surface area contributed by atoms with Gasteiger partial charge in [0.25, 0.3) is 0 Å². The monoisotopic (exact) mass is 355 g/mol. The van der Waals surface area contributed by atoms with Crippen LogP contribution in [0.5, 0.6) is 0 Å². The molecule has 0 spiro atoms. The van der Waals surface area contributed by atoms with Crippen molar-refractivity contribution in [2.75, 3.05) is 0 Å². The van der Waals surface area contributed by atoms with E-state index in [0.29, 0.717) is 32.0 Å². The van der Waals surface area contributed by atoms with E-state index in [1.165, 1.54) is 18.5 Å². The molecule has 112 valence electrons. The number of rotatable bonds is 3. The average Bonchev–Trinajstić information content (AvgIpc) is 2.94. The number of hydrogen-bond acceptors (Lipinski definition) is 2. The SMILES string of the molecule is Fc1ccc(Cl)cc1Cn1cnnc1-c1cccc(Cl)c1Cl. The molecule has 0 radical (unpaired) electrons. The molecule has 3 nitrogen and oxygen atoms in total. The van der Waals surface area contributed by atoms with Crippen molar-refractivity contribution in [2.24, 2.45) is 0 Å². The van der Waals surface area contributed by atoms with Gasteiger partial charge in [0.15, 0.2) is 5.82 Å². The van der Waals surface area contributed by atoms with Crippen LogP contribution in [0, 0.1) is 5.82 Å². The van der Waals surface area contributed by atoms with Crippen molar-refractivity contribution in [3.63, 3.8) is 0 Å². The van der Waals surface area contributed by atoms with Crippen LogP contribution in [0.15, 0.2) is 42.7 Å². The van der Waals surface area contributed by atoms with Crippen LogP contribution in [0.25, 0.3) is 11.4 Å². The standard InChI is InChI=1S/C15H9Cl3FN3/c16-10-4-5-13(19)9(6-10)7-22-8-20-21-15(22)11-2-1-3-12(17)14(11)18/h1-6,8H,7H2. The predicted octanol–water partition coefficient (Wildman–Crippen LogP) is 5.09. The van der Waals surface area contributed by atoms with Crippen LogP contribution in [-0.4, -0.2) is 14.8 Å². The quantitative estimate of drug-likeness (QED) is 0.654. The molecule has 2 aromatic carbocycles. The summed E-state index contributed by atoms with van der Waals surface area (Å²) in [7, 11) is 0. The number of aromatic nitrogens is 3. The first kappa shape index (κ1) is 15.3. The van der Waals surface area contributed by atoms with E-state index >= 15 is 0 Å². The van der Waals surface area contributed by atoms with Crippen molar-refractivity contribution in [3.8, 4) is 11.4 Å². The highest BCUT2D eigenvalue weighted by Gasteiger charge is 2.14. The fraction of sp³-hybridized carbons (Fsp3) is 0.0667. The van der Waals surface area contributed by atoms with Gasteiger partial charge in [0.05, 0.1) is 16.6 Å². The molecule has 1 aromatic heterocycles. The van der Waals surface area contributed by atoms with E-state index in [1.54, 1.807) is 28.8 Å². The highest BCUT2D eigenvalue weighted by atomic mass is 35.5. The molecule has 0 aliphatic carbocycles. The van der Waals surface area contributed by atoms with Crippen molar-refractivity contribution >= 4 is 34.8 Å². The fourth-order valence-electron chi connectivity index (χ4n) is 2.10. The molecule has 0 amide bonds. The number of nitrogens with zero attached hydrogens (tertiary/aromatic N) is 3. The van der Waals surface area contributed by atoms with Crippen molar-refractivity contribution in [1.82, 2.24) is 14.8 Å². The summed E-state index contributed by atoms with van der Waals surface area (Å²) in [5.41, 5.74) is 1.07. The lowest BCUT2D eigenvalue weighted by Gasteiger charge is -2.10. The predicted molar refractivity (Wildman–Crippen MR) is 86.0 cm³/mol. The maximum Gasteiger partial charge on any atom is 0.165 e. The Kier molecular flexibility index (Phi) is 4.34. The minimum absolute atomic E-state index is 0.234. The van der Waals surface area contributed by atoms with Crippen LogP contribution in [0.4, 0.5) is 4.39 Å². The van der Waals surface area contributed by atoms with Gasteiger partial charge in [-0.25, -0.2) is 4.39 Å². The Balaban J connectivity index is 2.03. The van der Waals surface area contributed by atoms with Crippen LogP contribution in [0.1, 0.15) is 5.56 Å². The largest absolute Gasteiger partial charge is 0.309 e. The van der Waals surface area contributed by atoms with Gasteiger partial charge in [-0.1, -0.05) is 40.9 Å². The third-order valence-corrected chi connectivity index (χ3v) is 4.21. The molecule has 0 aliphatic rings. The Morgan fingerprint density at radius 1 is 1.09 bits per heavy atom. The number of halogens is 4. The van der Waals surface area contributed by atoms with Gasteiger partial charge < -0.3 is 4.57 Å². The zero-order chi connectivity index (χ0) is 15.7. The average molecular weight is 357 g/mol. The molecule has 0 aliphatic heterocycles. The fourth-order valence-corrected chi connectivity index (χ4v) is 2.68. The smallest absolute Gasteiger partial charge is 0.165 e. The first-order valence-corrected chi connectivity index (χ1v) is 7.46. The van der Waals surface area contributed by atoms with Crippen molar-refractivity contribution < 1.29 is 4.39 Å². The summed E-state index contributed by atoms with van der Waals surface area (Å²) in [5, 5.41) is 9.19. The molecule has 7 heteroatoms. The lowest BCUT2D eigenvalue weighted by Crippen LogP contribution is -2.03. The minimum atomic E-state index is -0.346. The van der Waals surface area contributed by atoms with E-state index in [4.69, 9.17) is 34.8 Å². The highest BCUT2D eigenvalue weighted by molar-refractivity contribution is 6.43. The van der Waals surface area contributed by atoms with E-state index < -0.39 is 0 Å². The van der Waals surface area contributed by atoms with Gasteiger partial charge in [-0.05, 0) is 30.3 Å². The molecule has 0 saturated heterocycles. The van der Waals surface area contributed by atoms with Crippen molar-refractivity contribution in [1.29, 1.82) is 0 Å². The molecule has 3 rings (SSSR count). The van der Waals surface area contributed by atoms with Crippen LogP contribution in [0.3, 0.4) is 0 Å².